The van der Waals surface area contributed by atoms with E-state index in [0.29, 0.717) is 12.8 Å². The molecule has 0 aliphatic carbocycles. The zero-order valence-corrected chi connectivity index (χ0v) is 9.03. The van der Waals surface area contributed by atoms with Gasteiger partial charge in [-0.3, -0.25) is 4.79 Å². The van der Waals surface area contributed by atoms with E-state index in [1.54, 1.807) is 20.8 Å². The van der Waals surface area contributed by atoms with Crippen LogP contribution < -0.4 is 5.48 Å². The molecule has 0 bridgehead atoms. The van der Waals surface area contributed by atoms with Gasteiger partial charge in [-0.15, -0.1) is 0 Å². The molecule has 0 spiro atoms. The average molecular weight is 217 g/mol. The predicted octanol–water partition coefficient (Wildman–Crippen LogP) is 1.11. The zero-order chi connectivity index (χ0) is 11.5. The van der Waals surface area contributed by atoms with Crippen LogP contribution in [0.25, 0.3) is 0 Å². The van der Waals surface area contributed by atoms with Crippen molar-refractivity contribution in [3.05, 3.63) is 0 Å². The molecule has 86 valence electrons. The van der Waals surface area contributed by atoms with Crippen molar-refractivity contribution in [2.75, 3.05) is 0 Å². The first-order chi connectivity index (χ1) is 6.87. The standard InChI is InChI=1S/C9H15NO5/c1-9(2,3)14-8(12)10-15-7-5-4-6(11)13-7/h7H,4-5H2,1-3H3,(H,10,12). The summed E-state index contributed by atoms with van der Waals surface area (Å²) in [5.74, 6) is -0.328. The summed E-state index contributed by atoms with van der Waals surface area (Å²) in [4.78, 5) is 26.6. The zero-order valence-electron chi connectivity index (χ0n) is 9.03. The topological polar surface area (TPSA) is 73.9 Å². The Kier molecular flexibility index (Phi) is 3.52. The molecule has 1 atom stereocenters. The average Bonchev–Trinajstić information content (AvgIpc) is 2.45. The summed E-state index contributed by atoms with van der Waals surface area (Å²) in [7, 11) is 0. The molecule has 15 heavy (non-hydrogen) atoms. The minimum atomic E-state index is -0.704. The molecule has 6 nitrogen and oxygen atoms in total. The summed E-state index contributed by atoms with van der Waals surface area (Å²) in [5, 5.41) is 0. The van der Waals surface area contributed by atoms with Crippen LogP contribution in [0.3, 0.4) is 0 Å². The molecule has 1 aliphatic rings. The van der Waals surface area contributed by atoms with Crippen molar-refractivity contribution in [3.63, 3.8) is 0 Å². The van der Waals surface area contributed by atoms with Crippen molar-refractivity contribution in [2.45, 2.75) is 45.5 Å². The normalized spacial score (nSPS) is 21.0. The number of amides is 1. The van der Waals surface area contributed by atoms with Crippen molar-refractivity contribution in [2.24, 2.45) is 0 Å². The number of ether oxygens (including phenoxy) is 2. The Morgan fingerprint density at radius 3 is 2.67 bits per heavy atom. The highest BCUT2D eigenvalue weighted by atomic mass is 16.8. The largest absolute Gasteiger partial charge is 0.442 e. The Hall–Kier alpha value is -1.30. The van der Waals surface area contributed by atoms with E-state index in [0.717, 1.165) is 0 Å². The van der Waals surface area contributed by atoms with Gasteiger partial charge in [-0.25, -0.2) is 9.63 Å². The van der Waals surface area contributed by atoms with Gasteiger partial charge in [0, 0.05) is 6.42 Å². The van der Waals surface area contributed by atoms with Gasteiger partial charge in [0.1, 0.15) is 5.60 Å². The summed E-state index contributed by atoms with van der Waals surface area (Å²) in [6.07, 6.45) is -0.662. The second kappa shape index (κ2) is 4.48. The van der Waals surface area contributed by atoms with Gasteiger partial charge >= 0.3 is 12.1 Å². The highest BCUT2D eigenvalue weighted by Crippen LogP contribution is 2.13. The minimum Gasteiger partial charge on any atom is -0.442 e. The monoisotopic (exact) mass is 217 g/mol. The van der Waals surface area contributed by atoms with Crippen LogP contribution in [0.15, 0.2) is 0 Å². The molecule has 0 aromatic heterocycles. The van der Waals surface area contributed by atoms with Crippen LogP contribution in [0, 0.1) is 0 Å². The maximum atomic E-state index is 11.1. The van der Waals surface area contributed by atoms with Gasteiger partial charge in [-0.1, -0.05) is 0 Å². The van der Waals surface area contributed by atoms with E-state index >= 15 is 0 Å². The molecule has 1 unspecified atom stereocenters. The number of esters is 1. The first kappa shape index (κ1) is 11.8. The third-order valence-corrected chi connectivity index (χ3v) is 1.52. The van der Waals surface area contributed by atoms with Crippen LogP contribution in [0.4, 0.5) is 4.79 Å². The van der Waals surface area contributed by atoms with Crippen LogP contribution in [0.1, 0.15) is 33.6 Å². The summed E-state index contributed by atoms with van der Waals surface area (Å²) in [6, 6.07) is 0. The molecular formula is C9H15NO5. The van der Waals surface area contributed by atoms with Crippen molar-refractivity contribution in [1.29, 1.82) is 0 Å². The Balaban J connectivity index is 2.20. The molecule has 0 aromatic rings. The molecule has 1 aliphatic heterocycles. The summed E-state index contributed by atoms with van der Waals surface area (Å²) in [5.41, 5.74) is 1.48. The van der Waals surface area contributed by atoms with E-state index in [9.17, 15) is 9.59 Å². The van der Waals surface area contributed by atoms with E-state index in [4.69, 9.17) is 14.3 Å². The van der Waals surface area contributed by atoms with E-state index in [2.05, 4.69) is 5.48 Å². The first-order valence-corrected chi connectivity index (χ1v) is 4.71. The fraction of sp³-hybridized carbons (Fsp3) is 0.778. The molecule has 1 saturated heterocycles. The van der Waals surface area contributed by atoms with E-state index < -0.39 is 18.0 Å². The van der Waals surface area contributed by atoms with Gasteiger partial charge in [0.2, 0.25) is 6.29 Å². The van der Waals surface area contributed by atoms with Crippen molar-refractivity contribution < 1.29 is 23.9 Å². The van der Waals surface area contributed by atoms with Crippen molar-refractivity contribution in [1.82, 2.24) is 5.48 Å². The second-order valence-corrected chi connectivity index (χ2v) is 4.18. The number of rotatable bonds is 2. The van der Waals surface area contributed by atoms with Gasteiger partial charge in [-0.2, -0.15) is 5.48 Å². The van der Waals surface area contributed by atoms with Gasteiger partial charge < -0.3 is 9.47 Å². The van der Waals surface area contributed by atoms with E-state index in [1.807, 2.05) is 0 Å². The second-order valence-electron chi connectivity index (χ2n) is 4.18. The number of carbonyl (C=O) groups is 2. The fourth-order valence-corrected chi connectivity index (χ4v) is 0.996. The summed E-state index contributed by atoms with van der Waals surface area (Å²) in [6.45, 7) is 5.21. The number of nitrogens with one attached hydrogen (secondary N) is 1. The minimum absolute atomic E-state index is 0.306. The first-order valence-electron chi connectivity index (χ1n) is 4.71. The van der Waals surface area contributed by atoms with Crippen molar-refractivity contribution in [3.8, 4) is 0 Å². The smallest absolute Gasteiger partial charge is 0.431 e. The van der Waals surface area contributed by atoms with Gasteiger partial charge in [-0.05, 0) is 20.8 Å². The third kappa shape index (κ3) is 4.64. The lowest BCUT2D eigenvalue weighted by molar-refractivity contribution is -0.174. The van der Waals surface area contributed by atoms with Crippen LogP contribution in [0.5, 0.6) is 0 Å². The molecular weight excluding hydrogens is 202 g/mol. The van der Waals surface area contributed by atoms with Gasteiger partial charge in [0.15, 0.2) is 0 Å². The molecule has 1 N–H and O–H groups in total. The number of hydrogen-bond acceptors (Lipinski definition) is 5. The number of cyclic esters (lactones) is 1. The molecule has 0 saturated carbocycles. The fourth-order valence-electron chi connectivity index (χ4n) is 0.996. The Morgan fingerprint density at radius 2 is 2.20 bits per heavy atom. The lowest BCUT2D eigenvalue weighted by atomic mass is 10.2. The molecule has 1 rings (SSSR count). The third-order valence-electron chi connectivity index (χ3n) is 1.52. The molecule has 1 heterocycles. The van der Waals surface area contributed by atoms with Crippen molar-refractivity contribution >= 4 is 12.1 Å². The highest BCUT2D eigenvalue weighted by Gasteiger charge is 2.25. The van der Waals surface area contributed by atoms with E-state index in [-0.39, 0.29) is 5.97 Å². The number of carbonyl (C=O) groups excluding carboxylic acids is 2. The lowest BCUT2D eigenvalue weighted by Crippen LogP contribution is -2.35. The maximum absolute atomic E-state index is 11.1. The molecule has 1 fully saturated rings. The van der Waals surface area contributed by atoms with Gasteiger partial charge in [0.05, 0.1) is 6.42 Å². The van der Waals surface area contributed by atoms with Crippen LogP contribution >= 0.6 is 0 Å². The molecule has 0 aromatic carbocycles. The quantitative estimate of drug-likeness (QED) is 0.554. The van der Waals surface area contributed by atoms with Crippen LogP contribution in [0.2, 0.25) is 0 Å². The molecule has 6 heteroatoms. The summed E-state index contributed by atoms with van der Waals surface area (Å²) >= 11 is 0. The predicted molar refractivity (Wildman–Crippen MR) is 49.6 cm³/mol. The number of hydroxylamine groups is 1. The number of hydrogen-bond donors (Lipinski definition) is 1. The highest BCUT2D eigenvalue weighted by molar-refractivity contribution is 5.71. The van der Waals surface area contributed by atoms with Crippen LogP contribution in [-0.4, -0.2) is 24.0 Å². The molecule has 1 amide bonds. The lowest BCUT2D eigenvalue weighted by Gasteiger charge is -2.20. The Labute approximate surface area is 87.8 Å². The van der Waals surface area contributed by atoms with E-state index in [1.165, 1.54) is 0 Å². The Bertz CT molecular complexity index is 258. The summed E-state index contributed by atoms with van der Waals surface area (Å²) < 4.78 is 9.62. The Morgan fingerprint density at radius 1 is 1.53 bits per heavy atom. The molecule has 0 radical (unpaired) electrons. The van der Waals surface area contributed by atoms with Crippen LogP contribution in [-0.2, 0) is 19.1 Å². The maximum Gasteiger partial charge on any atom is 0.431 e. The van der Waals surface area contributed by atoms with Gasteiger partial charge in [0.25, 0.3) is 0 Å². The SMILES string of the molecule is CC(C)(C)OC(=O)NOC1CCC(=O)O1.